The highest BCUT2D eigenvalue weighted by molar-refractivity contribution is 9.10. The van der Waals surface area contributed by atoms with E-state index in [2.05, 4.69) is 77.6 Å². The van der Waals surface area contributed by atoms with Crippen molar-refractivity contribution in [3.63, 3.8) is 0 Å². The number of anilines is 1. The lowest BCUT2D eigenvalue weighted by molar-refractivity contribution is -0.169. The fourth-order valence-electron chi connectivity index (χ4n) is 6.41. The first-order chi connectivity index (χ1) is 35.7. The van der Waals surface area contributed by atoms with E-state index < -0.39 is 52.4 Å². The normalized spacial score (nSPS) is 14.4. The average molecular weight is 1320 g/mol. The molecule has 7 aromatic rings. The van der Waals surface area contributed by atoms with Crippen molar-refractivity contribution in [2.45, 2.75) is 93.8 Å². The van der Waals surface area contributed by atoms with Gasteiger partial charge in [-0.3, -0.25) is 14.4 Å². The van der Waals surface area contributed by atoms with Gasteiger partial charge in [-0.1, -0.05) is 78.3 Å². The van der Waals surface area contributed by atoms with Crippen LogP contribution in [0.3, 0.4) is 0 Å². The summed E-state index contributed by atoms with van der Waals surface area (Å²) in [5.41, 5.74) is 2.29. The molecular formula is C42H38Br2Cl4F12N14O3. The third-order valence-corrected chi connectivity index (χ3v) is 11.6. The van der Waals surface area contributed by atoms with Gasteiger partial charge in [0.1, 0.15) is 21.3 Å². The van der Waals surface area contributed by atoms with Gasteiger partial charge in [-0.25, -0.2) is 28.5 Å². The topological polar surface area (TPSA) is 209 Å². The van der Waals surface area contributed by atoms with Gasteiger partial charge in [0.2, 0.25) is 17.6 Å². The quantitative estimate of drug-likeness (QED) is 0.125. The molecule has 0 spiro atoms. The molecule has 2 fully saturated rings. The van der Waals surface area contributed by atoms with Crippen LogP contribution in [-0.2, 0) is 44.8 Å². The van der Waals surface area contributed by atoms with Crippen LogP contribution in [0, 0.1) is 6.92 Å². The number of rotatable bonds is 4. The highest BCUT2D eigenvalue weighted by Crippen LogP contribution is 2.35. The van der Waals surface area contributed by atoms with E-state index in [1.54, 1.807) is 12.1 Å². The summed E-state index contributed by atoms with van der Waals surface area (Å²) in [6.45, 7) is 3.58. The number of Topliss-reactive ketones (excluding diaryl/α,β-unsaturated/α-hetero) is 1. The molecule has 35 heteroatoms. The minimum atomic E-state index is -4.71. The smallest absolute Gasteiger partial charge is 0.382 e. The predicted octanol–water partition coefficient (Wildman–Crippen LogP) is 11.8. The van der Waals surface area contributed by atoms with Gasteiger partial charge < -0.3 is 16.0 Å². The molecule has 0 radical (unpaired) electrons. The summed E-state index contributed by atoms with van der Waals surface area (Å²) in [5, 5.41) is 21.7. The molecule has 420 valence electrons. The third kappa shape index (κ3) is 18.9. The number of hydrogen-bond donors (Lipinski definition) is 2. The number of amides is 2. The van der Waals surface area contributed by atoms with Crippen LogP contribution in [0.25, 0.3) is 16.9 Å². The largest absolute Gasteiger partial charge is 0.451 e. The molecule has 0 bridgehead atoms. The van der Waals surface area contributed by atoms with E-state index >= 15 is 0 Å². The number of imidazole rings is 3. The highest BCUT2D eigenvalue weighted by Gasteiger charge is 2.42. The molecule has 0 saturated carbocycles. The molecule has 0 aromatic carbocycles. The second-order valence-corrected chi connectivity index (χ2v) is 19.1. The SMILES string of the molecule is CC(Br)C(=O)C(F)(F)F.Cc1c(C(F)(F)F)nc2ccc(Cl)nn12.FC(F)(F)c1nc2ccc(Cl)nn2c1CBr.Nc1ccc(Cl)nn1.O=C1CCCCN1.O=C1CCCCN1Cc1c(C(F)(F)F)nc2ccc(Cl)nn12. The van der Waals surface area contributed by atoms with E-state index in [4.69, 9.17) is 52.1 Å². The van der Waals surface area contributed by atoms with Crippen molar-refractivity contribution in [3.05, 3.63) is 103 Å². The Labute approximate surface area is 463 Å². The van der Waals surface area contributed by atoms with Crippen LogP contribution in [0.15, 0.2) is 48.5 Å². The van der Waals surface area contributed by atoms with Crippen molar-refractivity contribution in [1.82, 2.24) is 64.2 Å². The number of carbonyl (C=O) groups is 3. The van der Waals surface area contributed by atoms with Crippen molar-refractivity contribution in [3.8, 4) is 0 Å². The first-order valence-electron chi connectivity index (χ1n) is 21.6. The number of nitrogen functional groups attached to an aromatic ring is 1. The van der Waals surface area contributed by atoms with E-state index in [1.807, 2.05) is 0 Å². The van der Waals surface area contributed by atoms with E-state index in [0.717, 1.165) is 59.1 Å². The molecule has 2 saturated heterocycles. The Morgan fingerprint density at radius 3 is 1.48 bits per heavy atom. The van der Waals surface area contributed by atoms with E-state index in [1.165, 1.54) is 48.2 Å². The lowest BCUT2D eigenvalue weighted by Gasteiger charge is -2.26. The fraction of sp³-hybridized carbons (Fsp3) is 0.405. The number of nitrogens with zero attached hydrogens (tertiary/aromatic N) is 12. The number of aromatic nitrogens is 11. The van der Waals surface area contributed by atoms with Crippen LogP contribution >= 0.6 is 78.3 Å². The molecule has 1 atom stereocenters. The Kier molecular flexibility index (Phi) is 22.9. The van der Waals surface area contributed by atoms with Crippen molar-refractivity contribution in [2.24, 2.45) is 0 Å². The van der Waals surface area contributed by atoms with Gasteiger partial charge in [0.05, 0.1) is 28.5 Å². The van der Waals surface area contributed by atoms with Gasteiger partial charge in [0.25, 0.3) is 0 Å². The second-order valence-electron chi connectivity index (χ2n) is 15.6. The number of nitrogens with two attached hydrogens (primary N) is 1. The number of likely N-dealkylation sites (tertiary alicyclic amines) is 1. The maximum Gasteiger partial charge on any atom is 0.451 e. The summed E-state index contributed by atoms with van der Waals surface area (Å²) >= 11 is 27.8. The summed E-state index contributed by atoms with van der Waals surface area (Å²) < 4.78 is 152. The standard InChI is InChI=1S/C13H12ClF3N4O.C8H4BrClF3N3.C8H5ClF3N3.C5H9NO.C4H4BrF3O.C4H4ClN3/c14-9-4-5-10-18-12(13(15,16)17)8(21(10)19-9)7-20-6-2-1-3-11(20)22;9-3-4-7(8(11,12)13)14-6-2-1-5(10)15-16(4)6;1-4-7(8(10,11)12)13-6-3-2-5(9)14-15(4)6;7-5-3-1-2-4-6-5;1-2(5)3(9)4(6,7)8;5-3-1-2-4(6)8-7-3/h4-5H,1-3,6-7H2;1-2H,3H2;2-3H,1H3;1-4H2,(H,6,7);2H,1H3;1-2H,(H2,6,8). The van der Waals surface area contributed by atoms with Gasteiger partial charge in [-0.15, -0.1) is 10.2 Å². The summed E-state index contributed by atoms with van der Waals surface area (Å²) in [5.74, 6) is -1.31. The van der Waals surface area contributed by atoms with Gasteiger partial charge >= 0.3 is 24.7 Å². The van der Waals surface area contributed by atoms with Crippen LogP contribution in [-0.4, -0.2) is 101 Å². The molecule has 1 unspecified atom stereocenters. The number of alkyl halides is 14. The molecule has 2 aliphatic rings. The lowest BCUT2D eigenvalue weighted by atomic mass is 10.1. The summed E-state index contributed by atoms with van der Waals surface area (Å²) in [7, 11) is 0. The van der Waals surface area contributed by atoms with Gasteiger partial charge in [-0.05, 0) is 88.1 Å². The molecule has 3 N–H and O–H groups in total. The van der Waals surface area contributed by atoms with Crippen LogP contribution in [0.4, 0.5) is 58.5 Å². The summed E-state index contributed by atoms with van der Waals surface area (Å²) in [6.07, 6.45) is -13.4. The predicted molar refractivity (Wildman–Crippen MR) is 263 cm³/mol. The monoisotopic (exact) mass is 1310 g/mol. The van der Waals surface area contributed by atoms with Crippen molar-refractivity contribution < 1.29 is 67.1 Å². The molecule has 77 heavy (non-hydrogen) atoms. The first kappa shape index (κ1) is 64.2. The van der Waals surface area contributed by atoms with Crippen molar-refractivity contribution >= 4 is 119 Å². The van der Waals surface area contributed by atoms with Crippen molar-refractivity contribution in [1.29, 1.82) is 0 Å². The molecule has 2 amide bonds. The number of nitrogens with one attached hydrogen (secondary N) is 1. The zero-order valence-electron chi connectivity index (χ0n) is 39.2. The number of piperidine rings is 2. The van der Waals surface area contributed by atoms with Crippen LogP contribution < -0.4 is 11.1 Å². The van der Waals surface area contributed by atoms with Gasteiger partial charge in [-0.2, -0.15) is 68.0 Å². The number of ketones is 1. The van der Waals surface area contributed by atoms with Crippen molar-refractivity contribution in [2.75, 3.05) is 18.8 Å². The summed E-state index contributed by atoms with van der Waals surface area (Å²) in [4.78, 5) is 43.0. The Morgan fingerprint density at radius 2 is 1.10 bits per heavy atom. The first-order valence-corrected chi connectivity index (χ1v) is 25.2. The van der Waals surface area contributed by atoms with Crippen LogP contribution in [0.5, 0.6) is 0 Å². The van der Waals surface area contributed by atoms with E-state index in [9.17, 15) is 67.1 Å². The average Bonchev–Trinajstić information content (AvgIpc) is 4.02. The Balaban J connectivity index is 0.000000209. The summed E-state index contributed by atoms with van der Waals surface area (Å²) in [6, 6.07) is 11.5. The number of hydrogen-bond acceptors (Lipinski definition) is 12. The number of aryl methyl sites for hydroxylation is 1. The Morgan fingerprint density at radius 1 is 0.649 bits per heavy atom. The fourth-order valence-corrected chi connectivity index (χ4v) is 7.69. The van der Waals surface area contributed by atoms with E-state index in [0.29, 0.717) is 23.9 Å². The van der Waals surface area contributed by atoms with Crippen LogP contribution in [0.2, 0.25) is 20.6 Å². The molecular weight excluding hydrogens is 1280 g/mol. The molecule has 17 nitrogen and oxygen atoms in total. The minimum Gasteiger partial charge on any atom is -0.382 e. The number of halogens is 18. The minimum absolute atomic E-state index is 0.00362. The molecule has 9 heterocycles. The van der Waals surface area contributed by atoms with E-state index in [-0.39, 0.29) is 73.2 Å². The maximum atomic E-state index is 13.2. The van der Waals surface area contributed by atoms with Gasteiger partial charge in [0.15, 0.2) is 39.2 Å². The Bertz CT molecular complexity index is 3110. The molecule has 0 aliphatic carbocycles. The highest BCUT2D eigenvalue weighted by atomic mass is 79.9. The maximum absolute atomic E-state index is 13.2. The van der Waals surface area contributed by atoms with Crippen LogP contribution in [0.1, 0.15) is 79.6 Å². The molecule has 9 rings (SSSR count). The van der Waals surface area contributed by atoms with Gasteiger partial charge in [0, 0.05) is 31.3 Å². The zero-order valence-corrected chi connectivity index (χ0v) is 45.4. The number of carbonyl (C=O) groups excluding carboxylic acids is 3. The second kappa shape index (κ2) is 27.5. The number of fused-ring (bicyclic) bond motifs is 3. The third-order valence-electron chi connectivity index (χ3n) is 9.89. The zero-order chi connectivity index (χ0) is 57.8. The lowest BCUT2D eigenvalue weighted by Crippen LogP contribution is -2.35. The molecule has 2 aliphatic heterocycles. The Hall–Kier alpha value is -5.37. The molecule has 7 aromatic heterocycles.